The van der Waals surface area contributed by atoms with Crippen LogP contribution in [0.1, 0.15) is 29.3 Å². The molecule has 0 aromatic heterocycles. The Morgan fingerprint density at radius 2 is 2.15 bits per heavy atom. The molecular formula is C22H27N3O2. The van der Waals surface area contributed by atoms with Crippen molar-refractivity contribution in [3.05, 3.63) is 53.3 Å². The van der Waals surface area contributed by atoms with Gasteiger partial charge in [0.25, 0.3) is 5.91 Å². The summed E-state index contributed by atoms with van der Waals surface area (Å²) in [4.78, 5) is 19.1. The van der Waals surface area contributed by atoms with Crippen molar-refractivity contribution >= 4 is 17.8 Å². The van der Waals surface area contributed by atoms with Crippen LogP contribution in [0.4, 0.5) is 5.69 Å². The van der Waals surface area contributed by atoms with E-state index in [-0.39, 0.29) is 5.91 Å². The molecule has 2 unspecified atom stereocenters. The maximum atomic E-state index is 12.0. The zero-order valence-electron chi connectivity index (χ0n) is 15.9. The van der Waals surface area contributed by atoms with Gasteiger partial charge in [-0.25, -0.2) is 0 Å². The van der Waals surface area contributed by atoms with E-state index in [1.54, 1.807) is 0 Å². The van der Waals surface area contributed by atoms with Crippen LogP contribution in [0.3, 0.4) is 0 Å². The molecule has 1 aromatic rings. The molecule has 0 spiro atoms. The fourth-order valence-electron chi connectivity index (χ4n) is 4.00. The van der Waals surface area contributed by atoms with E-state index in [0.717, 1.165) is 44.8 Å². The van der Waals surface area contributed by atoms with Crippen molar-refractivity contribution in [3.63, 3.8) is 0 Å². The topological polar surface area (TPSA) is 53.9 Å². The first-order chi connectivity index (χ1) is 13.2. The van der Waals surface area contributed by atoms with E-state index < -0.39 is 0 Å². The van der Waals surface area contributed by atoms with Crippen molar-refractivity contribution < 1.29 is 9.53 Å². The van der Waals surface area contributed by atoms with Crippen molar-refractivity contribution in [1.82, 2.24) is 10.2 Å². The first-order valence-corrected chi connectivity index (χ1v) is 9.91. The molecule has 27 heavy (non-hydrogen) atoms. The summed E-state index contributed by atoms with van der Waals surface area (Å²) in [6.45, 7) is 6.16. The number of rotatable bonds is 4. The lowest BCUT2D eigenvalue weighted by molar-refractivity contribution is 0.0550. The Kier molecular flexibility index (Phi) is 5.39. The van der Waals surface area contributed by atoms with Crippen LogP contribution >= 0.6 is 0 Å². The summed E-state index contributed by atoms with van der Waals surface area (Å²) >= 11 is 0. The van der Waals surface area contributed by atoms with Gasteiger partial charge in [0.1, 0.15) is 0 Å². The van der Waals surface area contributed by atoms with E-state index in [1.165, 1.54) is 11.3 Å². The predicted molar refractivity (Wildman–Crippen MR) is 108 cm³/mol. The molecule has 0 radical (unpaired) electrons. The highest BCUT2D eigenvalue weighted by atomic mass is 16.5. The smallest absolute Gasteiger partial charge is 0.251 e. The van der Waals surface area contributed by atoms with Crippen molar-refractivity contribution in [1.29, 1.82) is 0 Å². The average molecular weight is 365 g/mol. The quantitative estimate of drug-likeness (QED) is 0.892. The second-order valence-electron chi connectivity index (χ2n) is 7.34. The normalized spacial score (nSPS) is 24.3. The molecule has 0 bridgehead atoms. The number of allylic oxidation sites excluding steroid dienone is 3. The molecule has 1 saturated heterocycles. The third kappa shape index (κ3) is 3.98. The Bertz CT molecular complexity index is 791. The number of nitrogens with one attached hydrogen (secondary N) is 1. The zero-order valence-corrected chi connectivity index (χ0v) is 15.9. The molecule has 2 aliphatic heterocycles. The number of fused-ring (bicyclic) bond motifs is 1. The van der Waals surface area contributed by atoms with E-state index >= 15 is 0 Å². The van der Waals surface area contributed by atoms with Gasteiger partial charge in [0, 0.05) is 43.0 Å². The summed E-state index contributed by atoms with van der Waals surface area (Å²) in [7, 11) is 0. The van der Waals surface area contributed by atoms with Crippen LogP contribution < -0.4 is 5.32 Å². The van der Waals surface area contributed by atoms with Crippen molar-refractivity contribution in [2.75, 3.05) is 32.8 Å². The third-order valence-corrected chi connectivity index (χ3v) is 5.59. The van der Waals surface area contributed by atoms with Gasteiger partial charge >= 0.3 is 0 Å². The van der Waals surface area contributed by atoms with Crippen LogP contribution in [0, 0.1) is 11.8 Å². The number of morpholine rings is 1. The number of ether oxygens (including phenoxy) is 1. The minimum atomic E-state index is -0.0337. The molecule has 5 nitrogen and oxygen atoms in total. The Labute approximate surface area is 160 Å². The minimum absolute atomic E-state index is 0.0337. The molecule has 1 amide bonds. The van der Waals surface area contributed by atoms with Crippen LogP contribution in [0.5, 0.6) is 0 Å². The first-order valence-electron chi connectivity index (χ1n) is 9.91. The number of benzene rings is 1. The van der Waals surface area contributed by atoms with Gasteiger partial charge in [-0.05, 0) is 49.5 Å². The Hall–Kier alpha value is -2.40. The summed E-state index contributed by atoms with van der Waals surface area (Å²) in [6, 6.07) is 5.88. The lowest BCUT2D eigenvalue weighted by Crippen LogP contribution is -2.35. The number of carbonyl (C=O) groups excluding carboxylic acids is 1. The molecule has 1 N–H and O–H groups in total. The van der Waals surface area contributed by atoms with E-state index in [9.17, 15) is 4.79 Å². The minimum Gasteiger partial charge on any atom is -0.378 e. The highest BCUT2D eigenvalue weighted by Crippen LogP contribution is 2.34. The molecule has 1 aromatic carbocycles. The summed E-state index contributed by atoms with van der Waals surface area (Å²) < 4.78 is 5.44. The lowest BCUT2D eigenvalue weighted by Gasteiger charge is -2.33. The highest BCUT2D eigenvalue weighted by Gasteiger charge is 2.25. The summed E-state index contributed by atoms with van der Waals surface area (Å²) in [5, 5.41) is 2.84. The second-order valence-corrected chi connectivity index (χ2v) is 7.34. The number of aliphatic imine (C=N–C) groups is 1. The highest BCUT2D eigenvalue weighted by molar-refractivity contribution is 5.95. The number of amides is 1. The van der Waals surface area contributed by atoms with E-state index in [0.29, 0.717) is 23.9 Å². The van der Waals surface area contributed by atoms with Gasteiger partial charge in [-0.3, -0.25) is 9.79 Å². The summed E-state index contributed by atoms with van der Waals surface area (Å²) in [6.07, 6.45) is 11.1. The fraction of sp³-hybridized carbons (Fsp3) is 0.455. The SMILES string of the molecule is CCNC(=O)c1ccc2c(c1)N=CC(C1C=CC(N3CCOCC3)=CC1)C2. The summed E-state index contributed by atoms with van der Waals surface area (Å²) in [5.74, 6) is 0.856. The standard InChI is InChI=1S/C22H27N3O2/c1-2-23-22(26)18-4-3-17-13-19(15-24-21(17)14-18)16-5-7-20(8-6-16)25-9-11-27-12-10-25/h3-5,7-8,14-16,19H,2,6,9-13H2,1H3,(H,23,26). The fourth-order valence-corrected chi connectivity index (χ4v) is 4.00. The lowest BCUT2D eigenvalue weighted by atomic mass is 9.81. The molecule has 3 aliphatic rings. The first kappa shape index (κ1) is 18.0. The molecule has 5 heteroatoms. The number of carbonyl (C=O) groups is 1. The molecule has 142 valence electrons. The number of nitrogens with zero attached hydrogens (tertiary/aromatic N) is 2. The van der Waals surface area contributed by atoms with Gasteiger partial charge in [0.05, 0.1) is 18.9 Å². The van der Waals surface area contributed by atoms with Crippen molar-refractivity contribution in [2.24, 2.45) is 16.8 Å². The van der Waals surface area contributed by atoms with Gasteiger partial charge in [0.2, 0.25) is 0 Å². The third-order valence-electron chi connectivity index (χ3n) is 5.59. The van der Waals surface area contributed by atoms with Crippen LogP contribution in [0.25, 0.3) is 0 Å². The number of hydrogen-bond acceptors (Lipinski definition) is 4. The van der Waals surface area contributed by atoms with E-state index in [1.807, 2.05) is 19.1 Å². The van der Waals surface area contributed by atoms with Gasteiger partial charge in [0.15, 0.2) is 0 Å². The van der Waals surface area contributed by atoms with Gasteiger partial charge in [-0.1, -0.05) is 18.2 Å². The Balaban J connectivity index is 1.41. The van der Waals surface area contributed by atoms with Gasteiger partial charge in [-0.15, -0.1) is 0 Å². The van der Waals surface area contributed by atoms with Crippen LogP contribution in [-0.4, -0.2) is 49.9 Å². The van der Waals surface area contributed by atoms with Gasteiger partial charge < -0.3 is 15.0 Å². The molecule has 1 fully saturated rings. The van der Waals surface area contributed by atoms with Crippen molar-refractivity contribution in [2.45, 2.75) is 19.8 Å². The molecule has 0 saturated carbocycles. The Morgan fingerprint density at radius 3 is 2.89 bits per heavy atom. The van der Waals surface area contributed by atoms with Crippen LogP contribution in [0.15, 0.2) is 47.1 Å². The monoisotopic (exact) mass is 365 g/mol. The van der Waals surface area contributed by atoms with Gasteiger partial charge in [-0.2, -0.15) is 0 Å². The molecule has 4 rings (SSSR count). The maximum absolute atomic E-state index is 12.0. The Morgan fingerprint density at radius 1 is 1.30 bits per heavy atom. The largest absolute Gasteiger partial charge is 0.378 e. The second kappa shape index (κ2) is 8.09. The van der Waals surface area contributed by atoms with Crippen molar-refractivity contribution in [3.8, 4) is 0 Å². The average Bonchev–Trinajstić information content (AvgIpc) is 2.74. The number of hydrogen-bond donors (Lipinski definition) is 1. The van der Waals surface area contributed by atoms with Crippen LogP contribution in [-0.2, 0) is 11.2 Å². The zero-order chi connectivity index (χ0) is 18.6. The molecule has 2 heterocycles. The van der Waals surface area contributed by atoms with Crippen LogP contribution in [0.2, 0.25) is 0 Å². The predicted octanol–water partition coefficient (Wildman–Crippen LogP) is 3.10. The maximum Gasteiger partial charge on any atom is 0.251 e. The molecular weight excluding hydrogens is 338 g/mol. The molecule has 1 aliphatic carbocycles. The summed E-state index contributed by atoms with van der Waals surface area (Å²) in [5.41, 5.74) is 4.17. The molecule has 2 atom stereocenters. The van der Waals surface area contributed by atoms with E-state index in [4.69, 9.17) is 4.74 Å². The van der Waals surface area contributed by atoms with E-state index in [2.05, 4.69) is 45.7 Å².